The minimum atomic E-state index is -5.79. The van der Waals surface area contributed by atoms with E-state index in [1.807, 2.05) is 0 Å². The molecule has 1 nitrogen and oxygen atoms in total. The van der Waals surface area contributed by atoms with Crippen molar-refractivity contribution in [1.82, 2.24) is 0 Å². The normalized spacial score (nSPS) is 18.6. The zero-order valence-electron chi connectivity index (χ0n) is 6.09. The number of hydrogen-bond donors (Lipinski definition) is 0. The molecule has 0 saturated heterocycles. The van der Waals surface area contributed by atoms with E-state index in [1.54, 1.807) is 0 Å². The van der Waals surface area contributed by atoms with Crippen molar-refractivity contribution in [2.45, 2.75) is 18.4 Å². The molecule has 0 aliphatic rings. The fourth-order valence-corrected chi connectivity index (χ4v) is 0.898. The van der Waals surface area contributed by atoms with Crippen LogP contribution in [0.4, 0.5) is 30.7 Å². The van der Waals surface area contributed by atoms with Crippen LogP contribution >= 0.6 is 22.6 Å². The van der Waals surface area contributed by atoms with Crippen molar-refractivity contribution in [3.63, 3.8) is 0 Å². The average molecular weight is 338 g/mol. The quantitative estimate of drug-likeness (QED) is 0.551. The molecule has 1 atom stereocenters. The second kappa shape index (κ2) is 4.21. The average Bonchev–Trinajstić information content (AvgIpc) is 1.79. The molecule has 0 radical (unpaired) electrons. The molecule has 0 aromatic rings. The summed E-state index contributed by atoms with van der Waals surface area (Å²) in [6.07, 6.45) is -11.9. The van der Waals surface area contributed by atoms with Crippen LogP contribution in [0.1, 0.15) is 0 Å². The maximum absolute atomic E-state index is 12.6. The summed E-state index contributed by atoms with van der Waals surface area (Å²) in [5.41, 5.74) is 0. The molecule has 0 spiro atoms. The predicted octanol–water partition coefficient (Wildman–Crippen LogP) is 3.70. The summed E-state index contributed by atoms with van der Waals surface area (Å²) in [5.74, 6) is -4.84. The maximum Gasteiger partial charge on any atom is 0.525 e. The van der Waals surface area contributed by atoms with Crippen LogP contribution in [-0.4, -0.2) is 18.4 Å². The minimum Gasteiger partial charge on any atom is -0.242 e. The van der Waals surface area contributed by atoms with Gasteiger partial charge in [-0.1, -0.05) is 22.6 Å². The van der Waals surface area contributed by atoms with Gasteiger partial charge in [-0.05, 0) is 10.2 Å². The summed E-state index contributed by atoms with van der Waals surface area (Å²) in [7, 11) is 0. The zero-order valence-corrected chi connectivity index (χ0v) is 8.24. The summed E-state index contributed by atoms with van der Waals surface area (Å²) in [5, 5.41) is 0. The molecule has 9 heteroatoms. The van der Waals surface area contributed by atoms with Gasteiger partial charge in [0.1, 0.15) is 0 Å². The van der Waals surface area contributed by atoms with Crippen molar-refractivity contribution >= 4 is 22.6 Å². The fraction of sp³-hybridized carbons (Fsp3) is 0.600. The van der Waals surface area contributed by atoms with Gasteiger partial charge >= 0.3 is 18.4 Å². The van der Waals surface area contributed by atoms with Gasteiger partial charge in [-0.15, -0.1) is 13.2 Å². The molecule has 0 fully saturated rings. The van der Waals surface area contributed by atoms with E-state index in [-0.39, 0.29) is 6.08 Å². The lowest BCUT2D eigenvalue weighted by Gasteiger charge is -2.25. The van der Waals surface area contributed by atoms with Crippen molar-refractivity contribution in [3.05, 3.63) is 10.2 Å². The predicted molar refractivity (Wildman–Crippen MR) is 40.2 cm³/mol. The lowest BCUT2D eigenvalue weighted by molar-refractivity contribution is -0.432. The van der Waals surface area contributed by atoms with Gasteiger partial charge in [-0.25, -0.2) is 4.74 Å². The standard InChI is InChI=1S/C5H2F7IO/c6-3(1-2-13,4(7,8)9)14-5(10,11)12/h1-2H/b2-1-. The summed E-state index contributed by atoms with van der Waals surface area (Å²) in [6, 6.07) is 0. The van der Waals surface area contributed by atoms with Crippen LogP contribution < -0.4 is 0 Å². The highest BCUT2D eigenvalue weighted by molar-refractivity contribution is 14.1. The van der Waals surface area contributed by atoms with Gasteiger partial charge in [0.25, 0.3) is 0 Å². The van der Waals surface area contributed by atoms with E-state index < -0.39 is 18.4 Å². The maximum atomic E-state index is 12.6. The monoisotopic (exact) mass is 338 g/mol. The van der Waals surface area contributed by atoms with E-state index >= 15 is 0 Å². The first-order valence-electron chi connectivity index (χ1n) is 2.82. The first kappa shape index (κ1) is 13.9. The second-order valence-electron chi connectivity index (χ2n) is 1.98. The van der Waals surface area contributed by atoms with Crippen LogP contribution in [-0.2, 0) is 4.74 Å². The number of ether oxygens (including phenoxy) is 1. The number of hydrogen-bond acceptors (Lipinski definition) is 1. The van der Waals surface area contributed by atoms with Gasteiger partial charge in [0.15, 0.2) is 0 Å². The molecule has 0 N–H and O–H groups in total. The first-order chi connectivity index (χ1) is 6.02. The van der Waals surface area contributed by atoms with Gasteiger partial charge < -0.3 is 0 Å². The lowest BCUT2D eigenvalue weighted by Crippen LogP contribution is -2.45. The molecular formula is C5H2F7IO. The van der Waals surface area contributed by atoms with Crippen molar-refractivity contribution in [3.8, 4) is 0 Å². The third-order valence-corrected chi connectivity index (χ3v) is 1.29. The Kier molecular flexibility index (Phi) is 4.19. The van der Waals surface area contributed by atoms with Gasteiger partial charge in [0.05, 0.1) is 0 Å². The van der Waals surface area contributed by atoms with E-state index in [0.29, 0.717) is 4.08 Å². The van der Waals surface area contributed by atoms with Gasteiger partial charge in [0, 0.05) is 0 Å². The Balaban J connectivity index is 4.93. The summed E-state index contributed by atoms with van der Waals surface area (Å²) in [6.45, 7) is 0. The first-order valence-corrected chi connectivity index (χ1v) is 4.07. The molecule has 1 unspecified atom stereocenters. The summed E-state index contributed by atoms with van der Waals surface area (Å²) in [4.78, 5) is 0. The molecule has 84 valence electrons. The molecule has 0 aromatic carbocycles. The smallest absolute Gasteiger partial charge is 0.242 e. The molecule has 0 aromatic heterocycles. The fourth-order valence-electron chi connectivity index (χ4n) is 0.436. The van der Waals surface area contributed by atoms with Crippen molar-refractivity contribution in [1.29, 1.82) is 0 Å². The Hall–Kier alpha value is -0.0600. The van der Waals surface area contributed by atoms with Crippen LogP contribution in [0.5, 0.6) is 0 Å². The second-order valence-corrected chi connectivity index (χ2v) is 2.70. The van der Waals surface area contributed by atoms with Gasteiger partial charge in [-0.3, -0.25) is 0 Å². The van der Waals surface area contributed by atoms with Crippen molar-refractivity contribution in [2.75, 3.05) is 0 Å². The van der Waals surface area contributed by atoms with E-state index in [2.05, 4.69) is 4.74 Å². The Labute approximate surface area is 87.0 Å². The third kappa shape index (κ3) is 3.98. The molecule has 0 bridgehead atoms. The van der Waals surface area contributed by atoms with E-state index in [1.165, 1.54) is 0 Å². The molecular weight excluding hydrogens is 336 g/mol. The molecule has 0 saturated carbocycles. The molecule has 0 aliphatic heterocycles. The highest BCUT2D eigenvalue weighted by Crippen LogP contribution is 2.40. The van der Waals surface area contributed by atoms with Gasteiger partial charge in [0.2, 0.25) is 0 Å². The van der Waals surface area contributed by atoms with Gasteiger partial charge in [-0.2, -0.15) is 17.6 Å². The Morgan fingerprint density at radius 2 is 1.36 bits per heavy atom. The summed E-state index contributed by atoms with van der Waals surface area (Å²) >= 11 is 1.14. The highest BCUT2D eigenvalue weighted by atomic mass is 127. The zero-order chi connectivity index (χ0) is 11.6. The third-order valence-electron chi connectivity index (χ3n) is 0.928. The summed E-state index contributed by atoms with van der Waals surface area (Å²) < 4.78 is 84.9. The van der Waals surface area contributed by atoms with Crippen molar-refractivity contribution < 1.29 is 35.5 Å². The Morgan fingerprint density at radius 1 is 0.929 bits per heavy atom. The molecule has 0 amide bonds. The number of alkyl halides is 7. The SMILES string of the molecule is FC(F)(F)OC(F)(/C=C\I)C(F)(F)F. The molecule has 0 heterocycles. The van der Waals surface area contributed by atoms with Crippen LogP contribution in [0.3, 0.4) is 0 Å². The molecule has 14 heavy (non-hydrogen) atoms. The highest BCUT2D eigenvalue weighted by Gasteiger charge is 2.61. The van der Waals surface area contributed by atoms with E-state index in [9.17, 15) is 30.7 Å². The topological polar surface area (TPSA) is 9.23 Å². The van der Waals surface area contributed by atoms with Crippen molar-refractivity contribution in [2.24, 2.45) is 0 Å². The van der Waals surface area contributed by atoms with Crippen LogP contribution in [0.15, 0.2) is 10.2 Å². The van der Waals surface area contributed by atoms with E-state index in [4.69, 9.17) is 0 Å². The minimum absolute atomic E-state index is 0.374. The lowest BCUT2D eigenvalue weighted by atomic mass is 10.3. The number of halogens is 8. The largest absolute Gasteiger partial charge is 0.525 e. The molecule has 0 rings (SSSR count). The van der Waals surface area contributed by atoms with Crippen LogP contribution in [0, 0.1) is 0 Å². The number of rotatable bonds is 2. The van der Waals surface area contributed by atoms with Crippen LogP contribution in [0.25, 0.3) is 0 Å². The van der Waals surface area contributed by atoms with Crippen LogP contribution in [0.2, 0.25) is 0 Å². The van der Waals surface area contributed by atoms with E-state index in [0.717, 1.165) is 22.6 Å². The Bertz CT molecular complexity index is 219. The Morgan fingerprint density at radius 3 is 1.57 bits per heavy atom. The molecule has 0 aliphatic carbocycles.